The minimum Gasteiger partial charge on any atom is -0.324 e. The second-order valence-electron chi connectivity index (χ2n) is 4.80. The molecule has 6 heteroatoms. The van der Waals surface area contributed by atoms with Crippen LogP contribution in [-0.4, -0.2) is 0 Å². The lowest BCUT2D eigenvalue weighted by Gasteiger charge is -2.21. The third kappa shape index (κ3) is 3.77. The molecule has 0 radical (unpaired) electrons. The normalized spacial score (nSPS) is 18.2. The number of hydrogen-bond donors (Lipinski definition) is 1. The van der Waals surface area contributed by atoms with E-state index in [-0.39, 0.29) is 18.3 Å². The Morgan fingerprint density at radius 3 is 2.32 bits per heavy atom. The van der Waals surface area contributed by atoms with Crippen molar-refractivity contribution in [3.63, 3.8) is 0 Å². The Kier molecular flexibility index (Phi) is 5.53. The summed E-state index contributed by atoms with van der Waals surface area (Å²) in [5.74, 6) is 0.242. The van der Waals surface area contributed by atoms with Crippen molar-refractivity contribution in [3.8, 4) is 0 Å². The summed E-state index contributed by atoms with van der Waals surface area (Å²) in [6, 6.07) is 2.97. The van der Waals surface area contributed by atoms with E-state index in [4.69, 9.17) is 17.3 Å². The van der Waals surface area contributed by atoms with E-state index in [0.29, 0.717) is 10.6 Å². The van der Waals surface area contributed by atoms with Crippen molar-refractivity contribution in [1.29, 1.82) is 0 Å². The zero-order chi connectivity index (χ0) is 13.3. The Morgan fingerprint density at radius 2 is 1.79 bits per heavy atom. The summed E-state index contributed by atoms with van der Waals surface area (Å²) in [5, 5.41) is 0.322. The van der Waals surface area contributed by atoms with E-state index in [1.165, 1.54) is 6.07 Å². The lowest BCUT2D eigenvalue weighted by atomic mass is 9.91. The zero-order valence-corrected chi connectivity index (χ0v) is 11.8. The highest BCUT2D eigenvalue weighted by molar-refractivity contribution is 6.31. The molecule has 2 N–H and O–H groups in total. The molecule has 0 unspecified atom stereocenters. The van der Waals surface area contributed by atoms with E-state index < -0.39 is 17.8 Å². The number of alkyl halides is 3. The average Bonchev–Trinajstić information content (AvgIpc) is 2.80. The van der Waals surface area contributed by atoms with Gasteiger partial charge in [0.1, 0.15) is 0 Å². The van der Waals surface area contributed by atoms with Crippen molar-refractivity contribution in [1.82, 2.24) is 0 Å². The summed E-state index contributed by atoms with van der Waals surface area (Å²) in [5.41, 5.74) is 5.79. The van der Waals surface area contributed by atoms with Gasteiger partial charge in [0.25, 0.3) is 0 Å². The molecule has 0 aromatic heterocycles. The molecule has 108 valence electrons. The Hall–Kier alpha value is -0.450. The molecule has 1 nitrogen and oxygen atoms in total. The van der Waals surface area contributed by atoms with Crippen molar-refractivity contribution in [2.24, 2.45) is 11.7 Å². The molecule has 1 aromatic rings. The first kappa shape index (κ1) is 16.6. The Morgan fingerprint density at radius 1 is 1.21 bits per heavy atom. The number of rotatable bonds is 2. The quantitative estimate of drug-likeness (QED) is 0.819. The van der Waals surface area contributed by atoms with Crippen molar-refractivity contribution in [2.75, 3.05) is 0 Å². The molecule has 1 fully saturated rings. The Balaban J connectivity index is 0.00000180. The SMILES string of the molecule is Cl.N[C@@H](c1cc(C(F)(F)F)ccc1Cl)C1CCCC1. The van der Waals surface area contributed by atoms with E-state index in [1.54, 1.807) is 0 Å². The summed E-state index contributed by atoms with van der Waals surface area (Å²) in [4.78, 5) is 0. The van der Waals surface area contributed by atoms with E-state index in [0.717, 1.165) is 37.8 Å². The molecule has 0 amide bonds. The highest BCUT2D eigenvalue weighted by atomic mass is 35.5. The third-order valence-electron chi connectivity index (χ3n) is 3.59. The highest BCUT2D eigenvalue weighted by Gasteiger charge is 2.32. The Labute approximate surface area is 121 Å². The molecule has 1 aromatic carbocycles. The molecule has 0 aliphatic heterocycles. The standard InChI is InChI=1S/C13H15ClF3N.ClH/c14-11-6-5-9(13(15,16)17)7-10(11)12(18)8-3-1-2-4-8;/h5-8,12H,1-4,18H2;1H/t12-;/m1./s1. The lowest BCUT2D eigenvalue weighted by Crippen LogP contribution is -2.20. The van der Waals surface area contributed by atoms with Crippen LogP contribution in [0.15, 0.2) is 18.2 Å². The van der Waals surface area contributed by atoms with Gasteiger partial charge < -0.3 is 5.73 Å². The molecule has 0 spiro atoms. The average molecular weight is 314 g/mol. The van der Waals surface area contributed by atoms with E-state index in [9.17, 15) is 13.2 Å². The number of halogens is 5. The van der Waals surface area contributed by atoms with Gasteiger partial charge in [0.15, 0.2) is 0 Å². The molecular formula is C13H16Cl2F3N. The number of hydrogen-bond acceptors (Lipinski definition) is 1. The molecule has 19 heavy (non-hydrogen) atoms. The van der Waals surface area contributed by atoms with Crippen LogP contribution in [0.1, 0.15) is 42.9 Å². The first-order chi connectivity index (χ1) is 8.39. The van der Waals surface area contributed by atoms with Gasteiger partial charge in [0.05, 0.1) is 5.56 Å². The summed E-state index contributed by atoms with van der Waals surface area (Å²) in [6.45, 7) is 0. The monoisotopic (exact) mass is 313 g/mol. The fraction of sp³-hybridized carbons (Fsp3) is 0.538. The van der Waals surface area contributed by atoms with Crippen molar-refractivity contribution < 1.29 is 13.2 Å². The minimum atomic E-state index is -4.35. The maximum atomic E-state index is 12.7. The fourth-order valence-corrected chi connectivity index (χ4v) is 2.79. The maximum absolute atomic E-state index is 12.7. The lowest BCUT2D eigenvalue weighted by molar-refractivity contribution is -0.137. The summed E-state index contributed by atoms with van der Waals surface area (Å²) < 4.78 is 38.0. The molecular weight excluding hydrogens is 298 g/mol. The predicted octanol–water partition coefficient (Wildman–Crippen LogP) is 4.97. The van der Waals surface area contributed by atoms with Gasteiger partial charge in [-0.1, -0.05) is 24.4 Å². The van der Waals surface area contributed by atoms with Gasteiger partial charge in [-0.3, -0.25) is 0 Å². The highest BCUT2D eigenvalue weighted by Crippen LogP contribution is 2.39. The van der Waals surface area contributed by atoms with Gasteiger partial charge in [-0.25, -0.2) is 0 Å². The van der Waals surface area contributed by atoms with Gasteiger partial charge in [-0.05, 0) is 42.5 Å². The second kappa shape index (κ2) is 6.33. The van der Waals surface area contributed by atoms with Crippen molar-refractivity contribution >= 4 is 24.0 Å². The predicted molar refractivity (Wildman–Crippen MR) is 72.6 cm³/mol. The summed E-state index contributed by atoms with van der Waals surface area (Å²) in [6.07, 6.45) is -0.236. The topological polar surface area (TPSA) is 26.0 Å². The van der Waals surface area contributed by atoms with Crippen LogP contribution in [0.25, 0.3) is 0 Å². The molecule has 0 heterocycles. The largest absolute Gasteiger partial charge is 0.416 e. The first-order valence-corrected chi connectivity index (χ1v) is 6.39. The van der Waals surface area contributed by atoms with E-state index in [2.05, 4.69) is 0 Å². The molecule has 1 aliphatic carbocycles. The van der Waals surface area contributed by atoms with E-state index >= 15 is 0 Å². The van der Waals surface area contributed by atoms with E-state index in [1.807, 2.05) is 0 Å². The second-order valence-corrected chi connectivity index (χ2v) is 5.21. The van der Waals surface area contributed by atoms with Crippen LogP contribution in [0.2, 0.25) is 5.02 Å². The molecule has 1 aliphatic rings. The van der Waals surface area contributed by atoms with Crippen LogP contribution >= 0.6 is 24.0 Å². The van der Waals surface area contributed by atoms with Crippen LogP contribution < -0.4 is 5.73 Å². The van der Waals surface area contributed by atoms with Gasteiger partial charge in [0, 0.05) is 11.1 Å². The van der Waals surface area contributed by atoms with Crippen molar-refractivity contribution in [2.45, 2.75) is 37.9 Å². The van der Waals surface area contributed by atoms with Gasteiger partial charge in [0.2, 0.25) is 0 Å². The molecule has 2 rings (SSSR count). The smallest absolute Gasteiger partial charge is 0.324 e. The minimum absolute atomic E-state index is 0. The maximum Gasteiger partial charge on any atom is 0.416 e. The van der Waals surface area contributed by atoms with Crippen LogP contribution in [0, 0.1) is 5.92 Å². The number of benzene rings is 1. The molecule has 0 bridgehead atoms. The van der Waals surface area contributed by atoms with Crippen molar-refractivity contribution in [3.05, 3.63) is 34.3 Å². The summed E-state index contributed by atoms with van der Waals surface area (Å²) in [7, 11) is 0. The number of nitrogens with two attached hydrogens (primary N) is 1. The first-order valence-electron chi connectivity index (χ1n) is 6.02. The van der Waals surface area contributed by atoms with Crippen LogP contribution in [0.3, 0.4) is 0 Å². The molecule has 1 atom stereocenters. The third-order valence-corrected chi connectivity index (χ3v) is 3.93. The van der Waals surface area contributed by atoms with Gasteiger partial charge in [-0.15, -0.1) is 12.4 Å². The summed E-state index contributed by atoms with van der Waals surface area (Å²) >= 11 is 5.97. The molecule has 0 saturated heterocycles. The van der Waals surface area contributed by atoms with Crippen LogP contribution in [0.4, 0.5) is 13.2 Å². The van der Waals surface area contributed by atoms with Gasteiger partial charge in [-0.2, -0.15) is 13.2 Å². The van der Waals surface area contributed by atoms with Gasteiger partial charge >= 0.3 is 6.18 Å². The van der Waals surface area contributed by atoms with Crippen LogP contribution in [0.5, 0.6) is 0 Å². The van der Waals surface area contributed by atoms with Crippen LogP contribution in [-0.2, 0) is 6.18 Å². The zero-order valence-electron chi connectivity index (χ0n) is 10.2. The fourth-order valence-electron chi connectivity index (χ4n) is 2.55. The molecule has 1 saturated carbocycles. The Bertz CT molecular complexity index is 428.